The zero-order chi connectivity index (χ0) is 17.6. The monoisotopic (exact) mass is 377 g/mol. The average Bonchev–Trinajstić information content (AvgIpc) is 2.62. The molecule has 1 aliphatic rings. The Morgan fingerprint density at radius 2 is 2.04 bits per heavy atom. The van der Waals surface area contributed by atoms with Gasteiger partial charge in [-0.2, -0.15) is 0 Å². The molecule has 132 valence electrons. The highest BCUT2D eigenvalue weighted by Crippen LogP contribution is 2.22. The van der Waals surface area contributed by atoms with Gasteiger partial charge in [0.05, 0.1) is 10.6 Å². The molecule has 1 fully saturated rings. The molecule has 0 bridgehead atoms. The smallest absolute Gasteiger partial charge is 0.252 e. The number of halogens is 2. The molecule has 1 N–H and O–H groups in total. The van der Waals surface area contributed by atoms with E-state index in [0.717, 1.165) is 32.5 Å². The Labute approximate surface area is 158 Å². The summed E-state index contributed by atoms with van der Waals surface area (Å²) in [6.07, 6.45) is 5.87. The van der Waals surface area contributed by atoms with Crippen LogP contribution in [0, 0.1) is 5.92 Å². The van der Waals surface area contributed by atoms with E-state index in [9.17, 15) is 4.79 Å². The Bertz CT molecular complexity index is 716. The first-order chi connectivity index (χ1) is 12.1. The molecule has 0 saturated carbocycles. The van der Waals surface area contributed by atoms with Crippen molar-refractivity contribution in [2.24, 2.45) is 5.92 Å². The SMILES string of the molecule is O=C(NCC1CCN(Cc2cccnc2)CC1)c1ccc(Cl)cc1Cl. The van der Waals surface area contributed by atoms with Gasteiger partial charge in [-0.3, -0.25) is 14.7 Å². The van der Waals surface area contributed by atoms with Gasteiger partial charge in [0.2, 0.25) is 0 Å². The van der Waals surface area contributed by atoms with Crippen LogP contribution in [0.15, 0.2) is 42.7 Å². The molecule has 1 saturated heterocycles. The van der Waals surface area contributed by atoms with Crippen molar-refractivity contribution < 1.29 is 4.79 Å². The van der Waals surface area contributed by atoms with Crippen LogP contribution in [0.25, 0.3) is 0 Å². The van der Waals surface area contributed by atoms with Gasteiger partial charge in [-0.1, -0.05) is 29.3 Å². The van der Waals surface area contributed by atoms with Crippen molar-refractivity contribution in [1.29, 1.82) is 0 Å². The largest absolute Gasteiger partial charge is 0.352 e. The number of carbonyl (C=O) groups is 1. The molecule has 1 aliphatic heterocycles. The Kier molecular flexibility index (Phi) is 6.29. The number of hydrogen-bond donors (Lipinski definition) is 1. The number of carbonyl (C=O) groups excluding carboxylic acids is 1. The molecule has 3 rings (SSSR count). The molecule has 2 heterocycles. The van der Waals surface area contributed by atoms with Crippen LogP contribution in [0.3, 0.4) is 0 Å². The van der Waals surface area contributed by atoms with E-state index in [0.29, 0.717) is 28.1 Å². The lowest BCUT2D eigenvalue weighted by Gasteiger charge is -2.32. The van der Waals surface area contributed by atoms with E-state index in [4.69, 9.17) is 23.2 Å². The number of nitrogens with zero attached hydrogens (tertiary/aromatic N) is 2. The highest BCUT2D eigenvalue weighted by Gasteiger charge is 2.20. The summed E-state index contributed by atoms with van der Waals surface area (Å²) < 4.78 is 0. The Morgan fingerprint density at radius 3 is 2.72 bits per heavy atom. The van der Waals surface area contributed by atoms with E-state index in [1.807, 2.05) is 12.3 Å². The average molecular weight is 378 g/mol. The lowest BCUT2D eigenvalue weighted by Crippen LogP contribution is -2.38. The Hall–Kier alpha value is -1.62. The summed E-state index contributed by atoms with van der Waals surface area (Å²) in [4.78, 5) is 18.9. The highest BCUT2D eigenvalue weighted by molar-refractivity contribution is 6.36. The summed E-state index contributed by atoms with van der Waals surface area (Å²) in [5.41, 5.74) is 1.71. The van der Waals surface area contributed by atoms with Gasteiger partial charge in [0.1, 0.15) is 0 Å². The molecule has 1 amide bonds. The van der Waals surface area contributed by atoms with Gasteiger partial charge in [-0.15, -0.1) is 0 Å². The molecular formula is C19H21Cl2N3O. The zero-order valence-corrected chi connectivity index (χ0v) is 15.4. The normalized spacial score (nSPS) is 15.9. The molecule has 6 heteroatoms. The maximum atomic E-state index is 12.3. The molecule has 4 nitrogen and oxygen atoms in total. The number of pyridine rings is 1. The van der Waals surface area contributed by atoms with Crippen molar-refractivity contribution in [2.45, 2.75) is 19.4 Å². The van der Waals surface area contributed by atoms with Crippen LogP contribution in [0.1, 0.15) is 28.8 Å². The first-order valence-electron chi connectivity index (χ1n) is 8.46. The molecule has 0 aliphatic carbocycles. The summed E-state index contributed by atoms with van der Waals surface area (Å²) >= 11 is 12.0. The van der Waals surface area contributed by atoms with Gasteiger partial charge < -0.3 is 5.32 Å². The fourth-order valence-electron chi connectivity index (χ4n) is 3.10. The number of likely N-dealkylation sites (tertiary alicyclic amines) is 1. The van der Waals surface area contributed by atoms with E-state index in [1.165, 1.54) is 5.56 Å². The van der Waals surface area contributed by atoms with Crippen LogP contribution in [0.4, 0.5) is 0 Å². The highest BCUT2D eigenvalue weighted by atomic mass is 35.5. The first kappa shape index (κ1) is 18.2. The van der Waals surface area contributed by atoms with E-state index < -0.39 is 0 Å². The number of hydrogen-bond acceptors (Lipinski definition) is 3. The second kappa shape index (κ2) is 8.65. The number of rotatable bonds is 5. The minimum atomic E-state index is -0.139. The summed E-state index contributed by atoms with van der Waals surface area (Å²) in [5.74, 6) is 0.361. The molecule has 25 heavy (non-hydrogen) atoms. The van der Waals surface area contributed by atoms with Crippen LogP contribution in [-0.4, -0.2) is 35.4 Å². The molecule has 0 atom stereocenters. The summed E-state index contributed by atoms with van der Waals surface area (Å²) in [7, 11) is 0. The molecule has 0 spiro atoms. The standard InChI is InChI=1S/C19H21Cl2N3O/c20-16-3-4-17(18(21)10-16)19(25)23-12-14-5-8-24(9-6-14)13-15-2-1-7-22-11-15/h1-4,7,10-11,14H,5-6,8-9,12-13H2,(H,23,25). The lowest BCUT2D eigenvalue weighted by atomic mass is 9.96. The summed E-state index contributed by atoms with van der Waals surface area (Å²) in [5, 5.41) is 3.91. The fourth-order valence-corrected chi connectivity index (χ4v) is 3.60. The minimum absolute atomic E-state index is 0.139. The number of piperidine rings is 1. The van der Waals surface area contributed by atoms with Gasteiger partial charge in [-0.25, -0.2) is 0 Å². The second-order valence-corrected chi connectivity index (χ2v) is 7.26. The predicted molar refractivity (Wildman–Crippen MR) is 101 cm³/mol. The maximum absolute atomic E-state index is 12.3. The molecular weight excluding hydrogens is 357 g/mol. The van der Waals surface area contributed by atoms with Gasteiger partial charge in [-0.05, 0) is 61.7 Å². The number of benzene rings is 1. The van der Waals surface area contributed by atoms with Gasteiger partial charge >= 0.3 is 0 Å². The molecule has 1 aromatic heterocycles. The summed E-state index contributed by atoms with van der Waals surface area (Å²) in [6, 6.07) is 9.01. The van der Waals surface area contributed by atoms with Crippen molar-refractivity contribution in [2.75, 3.05) is 19.6 Å². The van der Waals surface area contributed by atoms with Crippen LogP contribution in [0.2, 0.25) is 10.0 Å². The van der Waals surface area contributed by atoms with Gasteiger partial charge in [0.15, 0.2) is 0 Å². The van der Waals surface area contributed by atoms with Crippen LogP contribution in [-0.2, 0) is 6.54 Å². The summed E-state index contributed by atoms with van der Waals surface area (Å²) in [6.45, 7) is 3.69. The number of amides is 1. The molecule has 0 unspecified atom stereocenters. The number of nitrogens with one attached hydrogen (secondary N) is 1. The fraction of sp³-hybridized carbons (Fsp3) is 0.368. The maximum Gasteiger partial charge on any atom is 0.252 e. The Morgan fingerprint density at radius 1 is 1.24 bits per heavy atom. The van der Waals surface area contributed by atoms with Crippen LogP contribution < -0.4 is 5.32 Å². The lowest BCUT2D eigenvalue weighted by molar-refractivity contribution is 0.0935. The third-order valence-electron chi connectivity index (χ3n) is 4.56. The third kappa shape index (κ3) is 5.18. The zero-order valence-electron chi connectivity index (χ0n) is 13.9. The first-order valence-corrected chi connectivity index (χ1v) is 9.22. The minimum Gasteiger partial charge on any atom is -0.352 e. The van der Waals surface area contributed by atoms with E-state index in [1.54, 1.807) is 24.4 Å². The molecule has 2 aromatic rings. The molecule has 1 aromatic carbocycles. The van der Waals surface area contributed by atoms with Crippen molar-refractivity contribution >= 4 is 29.1 Å². The topological polar surface area (TPSA) is 45.2 Å². The van der Waals surface area contributed by atoms with Crippen LogP contribution in [0.5, 0.6) is 0 Å². The van der Waals surface area contributed by atoms with Crippen molar-refractivity contribution in [3.05, 3.63) is 63.9 Å². The van der Waals surface area contributed by atoms with Gasteiger partial charge in [0.25, 0.3) is 5.91 Å². The van der Waals surface area contributed by atoms with Gasteiger partial charge in [0, 0.05) is 30.5 Å². The Balaban J connectivity index is 1.44. The molecule has 0 radical (unpaired) electrons. The number of aromatic nitrogens is 1. The van der Waals surface area contributed by atoms with E-state index >= 15 is 0 Å². The third-order valence-corrected chi connectivity index (χ3v) is 5.11. The van der Waals surface area contributed by atoms with E-state index in [2.05, 4.69) is 21.3 Å². The second-order valence-electron chi connectivity index (χ2n) is 6.41. The van der Waals surface area contributed by atoms with Crippen molar-refractivity contribution in [3.63, 3.8) is 0 Å². The van der Waals surface area contributed by atoms with Crippen molar-refractivity contribution in [3.8, 4) is 0 Å². The predicted octanol–water partition coefficient (Wildman–Crippen LogP) is 4.03. The quantitative estimate of drug-likeness (QED) is 0.855. The van der Waals surface area contributed by atoms with Crippen LogP contribution >= 0.6 is 23.2 Å². The van der Waals surface area contributed by atoms with Crippen molar-refractivity contribution in [1.82, 2.24) is 15.2 Å². The van der Waals surface area contributed by atoms with E-state index in [-0.39, 0.29) is 5.91 Å².